The number of rotatable bonds is 10. The highest BCUT2D eigenvalue weighted by Gasteiger charge is 2.50. The molecule has 6 rings (SSSR count). The Morgan fingerprint density at radius 2 is 1.79 bits per heavy atom. The van der Waals surface area contributed by atoms with Crippen LogP contribution in [-0.2, 0) is 20.7 Å². The van der Waals surface area contributed by atoms with E-state index in [1.165, 1.54) is 50.4 Å². The third-order valence-corrected chi connectivity index (χ3v) is 9.78. The minimum absolute atomic E-state index is 0.0537. The van der Waals surface area contributed by atoms with Gasteiger partial charge in [-0.1, -0.05) is 12.1 Å². The average Bonchev–Trinajstić information content (AvgIpc) is 3.13. The first-order valence-corrected chi connectivity index (χ1v) is 16.3. The quantitative estimate of drug-likeness (QED) is 0.0632. The number of methoxy groups -OCH3 is 1. The Bertz CT molecular complexity index is 2000. The molecule has 16 heteroatoms. The summed E-state index contributed by atoms with van der Waals surface area (Å²) in [5.41, 5.74) is -4.08. The van der Waals surface area contributed by atoms with Crippen molar-refractivity contribution in [3.8, 4) is 23.0 Å². The van der Waals surface area contributed by atoms with Gasteiger partial charge in [0.15, 0.2) is 17.9 Å². The molecule has 1 amide bonds. The highest BCUT2D eigenvalue weighted by molar-refractivity contribution is 6.31. The van der Waals surface area contributed by atoms with Crippen molar-refractivity contribution in [2.75, 3.05) is 20.4 Å². The van der Waals surface area contributed by atoms with Crippen LogP contribution >= 0.6 is 0 Å². The number of amides is 1. The van der Waals surface area contributed by atoms with Gasteiger partial charge in [0.1, 0.15) is 41.5 Å². The lowest BCUT2D eigenvalue weighted by atomic mass is 9.72. The Balaban J connectivity index is 1.30. The number of phenolic OH excluding ortho intramolecular Hbond substituents is 3. The van der Waals surface area contributed by atoms with E-state index in [0.29, 0.717) is 6.29 Å². The van der Waals surface area contributed by atoms with Crippen LogP contribution in [0.25, 0.3) is 0 Å². The van der Waals surface area contributed by atoms with Crippen LogP contribution < -0.4 is 15.4 Å². The van der Waals surface area contributed by atoms with E-state index in [9.17, 15) is 54.6 Å². The molecule has 1 fully saturated rings. The molecule has 274 valence electrons. The summed E-state index contributed by atoms with van der Waals surface area (Å²) in [6.45, 7) is 0.230. The first-order chi connectivity index (χ1) is 24.7. The standard InChI is InChI=1S/C36H36N2O14/c1-15-30(43)20(37-14-38-35(48)18-8-16(12-39)6-7-21(18)41)9-25(51-15)52-23-11-36(49,24(42)13-40)10-19-27(23)34(47)29-28(32(19)45)31(44)17-4-3-5-22(50-2)26(17)33(29)46/h3-8,12,15,20,23,25,30,37,40-41,43,45,47,49H,9-11,13-14H2,1-2H3,(H,38,48)/t15?,20?,23-,25?,30?,36-/m0/s1. The van der Waals surface area contributed by atoms with E-state index in [1.54, 1.807) is 0 Å². The van der Waals surface area contributed by atoms with Gasteiger partial charge >= 0.3 is 0 Å². The van der Waals surface area contributed by atoms with E-state index in [4.69, 9.17) is 14.2 Å². The summed E-state index contributed by atoms with van der Waals surface area (Å²) in [5.74, 6) is -5.18. The van der Waals surface area contributed by atoms with Crippen LogP contribution in [0.4, 0.5) is 0 Å². The van der Waals surface area contributed by atoms with E-state index < -0.39 is 102 Å². The molecule has 3 aliphatic rings. The van der Waals surface area contributed by atoms with Gasteiger partial charge in [0.05, 0.1) is 54.3 Å². The number of aliphatic hydroxyl groups excluding tert-OH is 2. The molecule has 1 aliphatic heterocycles. The Morgan fingerprint density at radius 3 is 2.48 bits per heavy atom. The molecule has 0 radical (unpaired) electrons. The van der Waals surface area contributed by atoms with Crippen molar-refractivity contribution in [1.82, 2.24) is 10.6 Å². The number of aliphatic hydroxyl groups is 3. The van der Waals surface area contributed by atoms with E-state index in [1.807, 2.05) is 0 Å². The second kappa shape index (κ2) is 14.1. The number of carbonyl (C=O) groups excluding carboxylic acids is 5. The number of aldehydes is 1. The summed E-state index contributed by atoms with van der Waals surface area (Å²) in [5, 5.41) is 70.9. The Kier molecular flexibility index (Phi) is 9.89. The summed E-state index contributed by atoms with van der Waals surface area (Å²) in [4.78, 5) is 64.3. The van der Waals surface area contributed by atoms with Crippen LogP contribution in [0.5, 0.6) is 23.0 Å². The maximum Gasteiger partial charge on any atom is 0.256 e. The van der Waals surface area contributed by atoms with Gasteiger partial charge in [-0.3, -0.25) is 29.3 Å². The number of Topliss-reactive ketones (excluding diaryl/α,β-unsaturated/α-hetero) is 1. The van der Waals surface area contributed by atoms with Crippen LogP contribution in [0.3, 0.4) is 0 Å². The van der Waals surface area contributed by atoms with E-state index >= 15 is 0 Å². The lowest BCUT2D eigenvalue weighted by Crippen LogP contribution is -2.56. The van der Waals surface area contributed by atoms with Crippen molar-refractivity contribution in [3.05, 3.63) is 80.9 Å². The molecule has 0 aromatic heterocycles. The van der Waals surface area contributed by atoms with Crippen molar-refractivity contribution in [2.45, 2.75) is 62.4 Å². The molecule has 52 heavy (non-hydrogen) atoms. The fraction of sp³-hybridized carbons (Fsp3) is 0.361. The molecule has 3 aromatic carbocycles. The summed E-state index contributed by atoms with van der Waals surface area (Å²) >= 11 is 0. The molecule has 0 bridgehead atoms. The normalized spacial score (nSPS) is 25.1. The molecule has 4 unspecified atom stereocenters. The number of ketones is 3. The van der Waals surface area contributed by atoms with Gasteiger partial charge in [0.2, 0.25) is 5.78 Å². The van der Waals surface area contributed by atoms with Crippen LogP contribution in [0.15, 0.2) is 36.4 Å². The molecule has 6 atom stereocenters. The summed E-state index contributed by atoms with van der Waals surface area (Å²) in [6.07, 6.45) is -5.52. The number of benzene rings is 3. The van der Waals surface area contributed by atoms with Crippen molar-refractivity contribution in [2.24, 2.45) is 0 Å². The first-order valence-electron chi connectivity index (χ1n) is 16.3. The molecule has 3 aromatic rings. The first kappa shape index (κ1) is 36.6. The molecule has 8 N–H and O–H groups in total. The number of aromatic hydroxyl groups is 3. The van der Waals surface area contributed by atoms with Crippen molar-refractivity contribution in [3.63, 3.8) is 0 Å². The van der Waals surface area contributed by atoms with Gasteiger partial charge in [-0.2, -0.15) is 0 Å². The molecule has 0 spiro atoms. The predicted octanol–water partition coefficient (Wildman–Crippen LogP) is 0.538. The van der Waals surface area contributed by atoms with E-state index in [2.05, 4.69) is 10.6 Å². The van der Waals surface area contributed by atoms with Crippen LogP contribution in [0, 0.1) is 0 Å². The van der Waals surface area contributed by atoms with Crippen molar-refractivity contribution < 1.29 is 68.8 Å². The fourth-order valence-corrected chi connectivity index (χ4v) is 7.08. The number of hydrogen-bond acceptors (Lipinski definition) is 15. The topological polar surface area (TPSA) is 258 Å². The number of carbonyl (C=O) groups is 5. The molecule has 2 aliphatic carbocycles. The SMILES string of the molecule is COc1cccc2c1C(=O)c1c(O)c3c(c(O)c1C2=O)C[C@@](O)(C(=O)CO)C[C@@H]3OC1CC(NCNC(=O)c2cc(C=O)ccc2O)C(O)C(C)O1. The van der Waals surface area contributed by atoms with Gasteiger partial charge < -0.3 is 50.2 Å². The zero-order valence-corrected chi connectivity index (χ0v) is 27.9. The van der Waals surface area contributed by atoms with Crippen LogP contribution in [0.1, 0.15) is 89.6 Å². The smallest absolute Gasteiger partial charge is 0.256 e. The third-order valence-electron chi connectivity index (χ3n) is 9.78. The molecule has 1 saturated heterocycles. The second-order valence-corrected chi connectivity index (χ2v) is 12.9. The molecule has 0 saturated carbocycles. The minimum Gasteiger partial charge on any atom is -0.507 e. The lowest BCUT2D eigenvalue weighted by Gasteiger charge is -2.43. The van der Waals surface area contributed by atoms with Crippen LogP contribution in [0.2, 0.25) is 0 Å². The van der Waals surface area contributed by atoms with E-state index in [-0.39, 0.29) is 58.0 Å². The van der Waals surface area contributed by atoms with Gasteiger partial charge in [-0.05, 0) is 31.2 Å². The summed E-state index contributed by atoms with van der Waals surface area (Å²) < 4.78 is 17.4. The second-order valence-electron chi connectivity index (χ2n) is 12.9. The number of fused-ring (bicyclic) bond motifs is 3. The zero-order valence-electron chi connectivity index (χ0n) is 27.9. The number of hydrogen-bond donors (Lipinski definition) is 8. The van der Waals surface area contributed by atoms with Gasteiger partial charge in [-0.15, -0.1) is 0 Å². The molecular weight excluding hydrogens is 684 g/mol. The van der Waals surface area contributed by atoms with Crippen molar-refractivity contribution in [1.29, 1.82) is 0 Å². The predicted molar refractivity (Wildman–Crippen MR) is 177 cm³/mol. The maximum absolute atomic E-state index is 13.9. The highest BCUT2D eigenvalue weighted by atomic mass is 16.7. The molecular formula is C36H36N2O14. The zero-order chi connectivity index (χ0) is 37.6. The minimum atomic E-state index is -2.35. The monoisotopic (exact) mass is 720 g/mol. The Labute approximate surface area is 295 Å². The Morgan fingerprint density at radius 1 is 1.06 bits per heavy atom. The summed E-state index contributed by atoms with van der Waals surface area (Å²) in [6, 6.07) is 7.23. The fourth-order valence-electron chi connectivity index (χ4n) is 7.08. The summed E-state index contributed by atoms with van der Waals surface area (Å²) in [7, 11) is 1.30. The maximum atomic E-state index is 13.9. The van der Waals surface area contributed by atoms with E-state index in [0.717, 1.165) is 0 Å². The largest absolute Gasteiger partial charge is 0.507 e. The number of ether oxygens (including phenoxy) is 3. The molecule has 16 nitrogen and oxygen atoms in total. The number of nitrogens with one attached hydrogen (secondary N) is 2. The Hall–Kier alpha value is -5.23. The lowest BCUT2D eigenvalue weighted by molar-refractivity contribution is -0.249. The number of phenols is 3. The third kappa shape index (κ3) is 6.18. The van der Waals surface area contributed by atoms with Gasteiger partial charge in [-0.25, -0.2) is 0 Å². The van der Waals surface area contributed by atoms with Crippen LogP contribution in [-0.4, -0.2) is 111 Å². The van der Waals surface area contributed by atoms with Gasteiger partial charge in [0.25, 0.3) is 5.91 Å². The highest BCUT2D eigenvalue weighted by Crippen LogP contribution is 2.52. The van der Waals surface area contributed by atoms with Crippen molar-refractivity contribution >= 4 is 29.5 Å². The average molecular weight is 721 g/mol. The molecule has 1 heterocycles. The van der Waals surface area contributed by atoms with Gasteiger partial charge in [0, 0.05) is 47.6 Å².